The van der Waals surface area contributed by atoms with Gasteiger partial charge in [0.25, 0.3) is 0 Å². The zero-order valence-corrected chi connectivity index (χ0v) is 18.5. The number of allylic oxidation sites excluding steroid dienone is 1. The Kier molecular flexibility index (Phi) is 6.11. The van der Waals surface area contributed by atoms with Crippen molar-refractivity contribution in [1.82, 2.24) is 0 Å². The summed E-state index contributed by atoms with van der Waals surface area (Å²) < 4.78 is 11.6. The topological polar surface area (TPSA) is 35.5 Å². The van der Waals surface area contributed by atoms with E-state index in [4.69, 9.17) is 9.47 Å². The lowest BCUT2D eigenvalue weighted by atomic mass is 9.86. The molecule has 0 amide bonds. The molecule has 1 aromatic heterocycles. The summed E-state index contributed by atoms with van der Waals surface area (Å²) >= 11 is 1.73. The second-order valence-electron chi connectivity index (χ2n) is 8.23. The molecule has 0 radical (unpaired) electrons. The van der Waals surface area contributed by atoms with Crippen LogP contribution in [-0.2, 0) is 20.7 Å². The van der Waals surface area contributed by atoms with Gasteiger partial charge in [-0.3, -0.25) is 0 Å². The summed E-state index contributed by atoms with van der Waals surface area (Å²) in [6, 6.07) is 8.53. The molecule has 1 aliphatic carbocycles. The van der Waals surface area contributed by atoms with E-state index in [1.165, 1.54) is 27.1 Å². The van der Waals surface area contributed by atoms with E-state index in [0.717, 1.165) is 23.3 Å². The van der Waals surface area contributed by atoms with Crippen molar-refractivity contribution < 1.29 is 14.3 Å². The van der Waals surface area contributed by atoms with Crippen LogP contribution < -0.4 is 0 Å². The van der Waals surface area contributed by atoms with E-state index < -0.39 is 11.7 Å². The minimum atomic E-state index is -0.710. The van der Waals surface area contributed by atoms with Crippen molar-refractivity contribution >= 4 is 29.0 Å². The molecule has 0 fully saturated rings. The number of carbonyl (C=O) groups excluding carboxylic acids is 1. The zero-order valence-electron chi connectivity index (χ0n) is 17.7. The lowest BCUT2D eigenvalue weighted by Crippen LogP contribution is -2.29. The van der Waals surface area contributed by atoms with Gasteiger partial charge in [-0.05, 0) is 76.6 Å². The van der Waals surface area contributed by atoms with Crippen LogP contribution >= 0.6 is 11.3 Å². The highest BCUT2D eigenvalue weighted by atomic mass is 32.1. The molecule has 4 heteroatoms. The fraction of sp³-hybridized carbons (Fsp3) is 0.458. The first kappa shape index (κ1) is 20.8. The Morgan fingerprint density at radius 1 is 1.14 bits per heavy atom. The third-order valence-electron chi connectivity index (χ3n) is 4.91. The molecular weight excluding hydrogens is 368 g/mol. The monoisotopic (exact) mass is 398 g/mol. The van der Waals surface area contributed by atoms with Gasteiger partial charge in [0.05, 0.1) is 12.2 Å². The number of fused-ring (bicyclic) bond motifs is 1. The van der Waals surface area contributed by atoms with Crippen molar-refractivity contribution in [3.05, 3.63) is 56.3 Å². The zero-order chi connectivity index (χ0) is 20.5. The predicted molar refractivity (Wildman–Crippen MR) is 117 cm³/mol. The first-order chi connectivity index (χ1) is 13.2. The maximum atomic E-state index is 12.9. The first-order valence-corrected chi connectivity index (χ1v) is 10.8. The Labute approximate surface area is 172 Å². The van der Waals surface area contributed by atoms with E-state index >= 15 is 0 Å². The highest BCUT2D eigenvalue weighted by molar-refractivity contribution is 7.12. The van der Waals surface area contributed by atoms with Gasteiger partial charge in [-0.25, -0.2) is 4.79 Å². The SMILES string of the molecule is CCOC(=O)C(OC(C)(C)C)c1c(C)sc(C)c1C1=Cc2ccccc2CC1. The fourth-order valence-electron chi connectivity index (χ4n) is 3.84. The van der Waals surface area contributed by atoms with Gasteiger partial charge in [-0.1, -0.05) is 30.3 Å². The molecule has 1 unspecified atom stereocenters. The number of rotatable bonds is 5. The van der Waals surface area contributed by atoms with Crippen LogP contribution in [0.3, 0.4) is 0 Å². The smallest absolute Gasteiger partial charge is 0.340 e. The van der Waals surface area contributed by atoms with Crippen LogP contribution in [0.2, 0.25) is 0 Å². The maximum Gasteiger partial charge on any atom is 0.340 e. The molecule has 3 rings (SSSR count). The van der Waals surface area contributed by atoms with Crippen molar-refractivity contribution in [3.63, 3.8) is 0 Å². The highest BCUT2D eigenvalue weighted by Gasteiger charge is 2.34. The molecule has 0 bridgehead atoms. The van der Waals surface area contributed by atoms with Gasteiger partial charge in [0.15, 0.2) is 6.10 Å². The minimum Gasteiger partial charge on any atom is -0.464 e. The molecule has 1 aromatic carbocycles. The van der Waals surface area contributed by atoms with E-state index in [1.807, 2.05) is 27.7 Å². The van der Waals surface area contributed by atoms with E-state index in [1.54, 1.807) is 11.3 Å². The number of ether oxygens (including phenoxy) is 2. The number of carbonyl (C=O) groups is 1. The summed E-state index contributed by atoms with van der Waals surface area (Å²) in [7, 11) is 0. The van der Waals surface area contributed by atoms with Gasteiger partial charge in [0.1, 0.15) is 0 Å². The molecule has 1 heterocycles. The van der Waals surface area contributed by atoms with Crippen LogP contribution in [0, 0.1) is 13.8 Å². The number of benzene rings is 1. The van der Waals surface area contributed by atoms with Gasteiger partial charge >= 0.3 is 5.97 Å². The quantitative estimate of drug-likeness (QED) is 0.557. The molecule has 2 aromatic rings. The van der Waals surface area contributed by atoms with Crippen LogP contribution in [0.25, 0.3) is 11.6 Å². The van der Waals surface area contributed by atoms with Crippen molar-refractivity contribution in [2.75, 3.05) is 6.61 Å². The van der Waals surface area contributed by atoms with Crippen molar-refractivity contribution in [2.24, 2.45) is 0 Å². The summed E-state index contributed by atoms with van der Waals surface area (Å²) in [5, 5.41) is 0. The average molecular weight is 399 g/mol. The molecule has 3 nitrogen and oxygen atoms in total. The Morgan fingerprint density at radius 3 is 2.54 bits per heavy atom. The third-order valence-corrected chi connectivity index (χ3v) is 5.95. The molecule has 0 N–H and O–H groups in total. The van der Waals surface area contributed by atoms with Gasteiger partial charge in [-0.15, -0.1) is 11.3 Å². The van der Waals surface area contributed by atoms with Gasteiger partial charge in [0, 0.05) is 15.3 Å². The average Bonchev–Trinajstić information content (AvgIpc) is 2.92. The summed E-state index contributed by atoms with van der Waals surface area (Å²) in [6.07, 6.45) is 3.54. The number of aryl methyl sites for hydroxylation is 3. The largest absolute Gasteiger partial charge is 0.464 e. The molecule has 1 atom stereocenters. The summed E-state index contributed by atoms with van der Waals surface area (Å²) in [4.78, 5) is 15.2. The highest BCUT2D eigenvalue weighted by Crippen LogP contribution is 2.43. The van der Waals surface area contributed by atoms with Gasteiger partial charge in [-0.2, -0.15) is 0 Å². The molecule has 0 saturated carbocycles. The Hall–Kier alpha value is -1.91. The molecular formula is C24H30O3S. The first-order valence-electron chi connectivity index (χ1n) is 9.94. The number of thiophene rings is 1. The molecule has 0 saturated heterocycles. The van der Waals surface area contributed by atoms with Gasteiger partial charge < -0.3 is 9.47 Å². The van der Waals surface area contributed by atoms with Gasteiger partial charge in [0.2, 0.25) is 0 Å². The lowest BCUT2D eigenvalue weighted by molar-refractivity contribution is -0.166. The van der Waals surface area contributed by atoms with Crippen molar-refractivity contribution in [1.29, 1.82) is 0 Å². The third kappa shape index (κ3) is 4.39. The molecule has 0 spiro atoms. The standard InChI is InChI=1S/C24H30O3S/c1-7-26-23(25)22(27-24(4,5)6)21-16(3)28-15(2)20(21)19-13-12-17-10-8-9-11-18(17)14-19/h8-11,14,22H,7,12-13H2,1-6H3. The molecule has 1 aliphatic rings. The second kappa shape index (κ2) is 8.22. The van der Waals surface area contributed by atoms with E-state index in [2.05, 4.69) is 44.2 Å². The van der Waals surface area contributed by atoms with E-state index in [-0.39, 0.29) is 5.97 Å². The summed E-state index contributed by atoms with van der Waals surface area (Å²) in [5.41, 5.74) is 5.61. The number of esters is 1. The van der Waals surface area contributed by atoms with E-state index in [0.29, 0.717) is 6.61 Å². The Bertz CT molecular complexity index is 899. The summed E-state index contributed by atoms with van der Waals surface area (Å²) in [6.45, 7) is 12.3. The summed E-state index contributed by atoms with van der Waals surface area (Å²) in [5.74, 6) is -0.309. The van der Waals surface area contributed by atoms with Crippen LogP contribution in [0.15, 0.2) is 24.3 Å². The van der Waals surface area contributed by atoms with Crippen LogP contribution in [0.5, 0.6) is 0 Å². The fourth-order valence-corrected chi connectivity index (χ4v) is 4.96. The second-order valence-corrected chi connectivity index (χ2v) is 9.66. The van der Waals surface area contributed by atoms with Crippen LogP contribution in [-0.4, -0.2) is 18.2 Å². The molecule has 150 valence electrons. The van der Waals surface area contributed by atoms with Crippen LogP contribution in [0.4, 0.5) is 0 Å². The lowest BCUT2D eigenvalue weighted by Gasteiger charge is -2.28. The maximum absolute atomic E-state index is 12.9. The molecule has 28 heavy (non-hydrogen) atoms. The molecule has 0 aliphatic heterocycles. The number of hydrogen-bond acceptors (Lipinski definition) is 4. The number of hydrogen-bond donors (Lipinski definition) is 0. The van der Waals surface area contributed by atoms with Crippen molar-refractivity contribution in [2.45, 2.75) is 66.1 Å². The van der Waals surface area contributed by atoms with Crippen LogP contribution in [0.1, 0.15) is 72.2 Å². The van der Waals surface area contributed by atoms with E-state index in [9.17, 15) is 4.79 Å². The normalized spacial score (nSPS) is 15.0. The Balaban J connectivity index is 2.12. The van der Waals surface area contributed by atoms with Crippen molar-refractivity contribution in [3.8, 4) is 0 Å². The Morgan fingerprint density at radius 2 is 1.86 bits per heavy atom. The minimum absolute atomic E-state index is 0.309. The predicted octanol–water partition coefficient (Wildman–Crippen LogP) is 6.27.